The molecule has 0 spiro atoms. The summed E-state index contributed by atoms with van der Waals surface area (Å²) in [4.78, 5) is 38.5. The number of benzene rings is 2. The monoisotopic (exact) mass is 633 g/mol. The fourth-order valence-corrected chi connectivity index (χ4v) is 8.84. The van der Waals surface area contributed by atoms with Crippen molar-refractivity contribution in [2.45, 2.75) is 56.4 Å². The van der Waals surface area contributed by atoms with Gasteiger partial charge in [-0.3, -0.25) is 18.9 Å². The Morgan fingerprint density at radius 3 is 2.69 bits per heavy atom. The first-order chi connectivity index (χ1) is 21.6. The van der Waals surface area contributed by atoms with Crippen molar-refractivity contribution in [1.82, 2.24) is 29.1 Å². The Hall–Kier alpha value is -3.77. The average Bonchev–Trinajstić information content (AvgIpc) is 3.61. The van der Waals surface area contributed by atoms with Gasteiger partial charge < -0.3 is 9.80 Å². The summed E-state index contributed by atoms with van der Waals surface area (Å²) in [6, 6.07) is 4.97. The summed E-state index contributed by atoms with van der Waals surface area (Å²) in [7, 11) is 1.81. The predicted octanol–water partition coefficient (Wildman–Crippen LogP) is 4.70. The molecule has 0 radical (unpaired) electrons. The van der Waals surface area contributed by atoms with E-state index in [0.717, 1.165) is 32.5 Å². The van der Waals surface area contributed by atoms with E-state index < -0.39 is 6.17 Å². The minimum absolute atomic E-state index is 0.0943. The molecule has 7 rings (SSSR count). The first-order valence-corrected chi connectivity index (χ1v) is 16.4. The molecule has 2 saturated heterocycles. The van der Waals surface area contributed by atoms with Crippen LogP contribution in [0, 0.1) is 12.7 Å². The molecule has 1 amide bonds. The van der Waals surface area contributed by atoms with Crippen LogP contribution in [0.15, 0.2) is 46.7 Å². The van der Waals surface area contributed by atoms with Crippen LogP contribution in [0.1, 0.15) is 31.9 Å². The van der Waals surface area contributed by atoms with E-state index >= 15 is 0 Å². The van der Waals surface area contributed by atoms with Crippen molar-refractivity contribution in [3.8, 4) is 11.1 Å². The zero-order valence-corrected chi connectivity index (χ0v) is 26.8. The van der Waals surface area contributed by atoms with Gasteiger partial charge in [0.25, 0.3) is 0 Å². The van der Waals surface area contributed by atoms with E-state index in [2.05, 4.69) is 27.5 Å². The molecule has 45 heavy (non-hydrogen) atoms. The maximum absolute atomic E-state index is 14.9. The van der Waals surface area contributed by atoms with Crippen LogP contribution in [-0.2, 0) is 11.8 Å². The van der Waals surface area contributed by atoms with Crippen molar-refractivity contribution < 1.29 is 13.6 Å². The summed E-state index contributed by atoms with van der Waals surface area (Å²) < 4.78 is 32.5. The minimum atomic E-state index is -0.852. The van der Waals surface area contributed by atoms with E-state index in [1.54, 1.807) is 28.7 Å². The second kappa shape index (κ2) is 11.2. The molecule has 2 aromatic heterocycles. The lowest BCUT2D eigenvalue weighted by atomic mass is 9.95. The summed E-state index contributed by atoms with van der Waals surface area (Å²) >= 11 is 1.69. The van der Waals surface area contributed by atoms with E-state index in [9.17, 15) is 18.4 Å². The third-order valence-electron chi connectivity index (χ3n) is 9.64. The fourth-order valence-electron chi connectivity index (χ4n) is 7.46. The number of halogens is 2. The molecule has 5 heterocycles. The van der Waals surface area contributed by atoms with Crippen molar-refractivity contribution in [2.75, 3.05) is 43.4 Å². The molecule has 4 aromatic rings. The molecule has 0 bridgehead atoms. The Balaban J connectivity index is 1.45. The highest BCUT2D eigenvalue weighted by atomic mass is 32.2. The number of thioether (sulfide) groups is 1. The molecular weight excluding hydrogens is 596 g/mol. The Morgan fingerprint density at radius 1 is 1.16 bits per heavy atom. The number of rotatable bonds is 5. The predicted molar refractivity (Wildman–Crippen MR) is 174 cm³/mol. The molecule has 0 aliphatic carbocycles. The highest BCUT2D eigenvalue weighted by Gasteiger charge is 2.36. The summed E-state index contributed by atoms with van der Waals surface area (Å²) in [6.45, 7) is 12.3. The molecule has 3 aliphatic rings. The van der Waals surface area contributed by atoms with Crippen LogP contribution >= 0.6 is 11.8 Å². The Labute approximate surface area is 264 Å². The summed E-state index contributed by atoms with van der Waals surface area (Å²) in [6.07, 6.45) is 2.54. The fraction of sp³-hybridized carbons (Fsp3) is 0.455. The number of nitrogens with zero attached hydrogens (tertiary/aromatic N) is 7. The number of amides is 1. The molecule has 0 N–H and O–H groups in total. The minimum Gasteiger partial charge on any atom is -0.349 e. The van der Waals surface area contributed by atoms with E-state index in [0.29, 0.717) is 61.6 Å². The largest absolute Gasteiger partial charge is 0.350 e. The van der Waals surface area contributed by atoms with Crippen molar-refractivity contribution >= 4 is 45.3 Å². The first-order valence-electron chi connectivity index (χ1n) is 15.5. The van der Waals surface area contributed by atoms with Crippen LogP contribution in [0.5, 0.6) is 0 Å². The molecular formula is C33H37F2N7O2S. The maximum atomic E-state index is 14.9. The second-order valence-electron chi connectivity index (χ2n) is 12.7. The van der Waals surface area contributed by atoms with Gasteiger partial charge in [0, 0.05) is 79.0 Å². The van der Waals surface area contributed by atoms with Crippen molar-refractivity contribution in [1.29, 1.82) is 0 Å². The molecule has 4 atom stereocenters. The SMILES string of the molecule is C=CC(=O)N1C[C@H](C)N(c2nc(=O)n3c4c(c(-c5ccc(F)c6cnn(C)c56)c(C)cc24)SCC3CN2CCC(F)C2)C[C@H]1C. The summed E-state index contributed by atoms with van der Waals surface area (Å²) in [5.74, 6) is 0.775. The van der Waals surface area contributed by atoms with Crippen molar-refractivity contribution in [3.63, 3.8) is 0 Å². The second-order valence-corrected chi connectivity index (χ2v) is 13.7. The Bertz CT molecular complexity index is 1920. The molecule has 0 saturated carbocycles. The lowest BCUT2D eigenvalue weighted by Gasteiger charge is -2.45. The highest BCUT2D eigenvalue weighted by molar-refractivity contribution is 7.99. The third-order valence-corrected chi connectivity index (χ3v) is 10.9. The summed E-state index contributed by atoms with van der Waals surface area (Å²) in [5, 5.41) is 5.66. The van der Waals surface area contributed by atoms with Crippen molar-refractivity contribution in [3.05, 3.63) is 58.9 Å². The molecule has 236 valence electrons. The van der Waals surface area contributed by atoms with Gasteiger partial charge in [0.05, 0.1) is 28.7 Å². The number of hydrogen-bond acceptors (Lipinski definition) is 7. The van der Waals surface area contributed by atoms with Gasteiger partial charge in [0.2, 0.25) is 5.91 Å². The molecule has 2 unspecified atom stereocenters. The number of carbonyl (C=O) groups excluding carboxylic acids is 1. The Kier molecular flexibility index (Phi) is 7.47. The van der Waals surface area contributed by atoms with E-state index in [-0.39, 0.29) is 35.5 Å². The first kappa shape index (κ1) is 29.9. The van der Waals surface area contributed by atoms with Gasteiger partial charge in [-0.2, -0.15) is 10.1 Å². The highest BCUT2D eigenvalue weighted by Crippen LogP contribution is 2.47. The van der Waals surface area contributed by atoms with Gasteiger partial charge in [-0.05, 0) is 57.0 Å². The van der Waals surface area contributed by atoms with Gasteiger partial charge >= 0.3 is 5.69 Å². The van der Waals surface area contributed by atoms with Gasteiger partial charge in [-0.25, -0.2) is 13.6 Å². The molecule has 3 aliphatic heterocycles. The van der Waals surface area contributed by atoms with Crippen molar-refractivity contribution in [2.24, 2.45) is 7.05 Å². The summed E-state index contributed by atoms with van der Waals surface area (Å²) in [5.41, 5.74) is 3.92. The zero-order chi connectivity index (χ0) is 31.7. The molecule has 2 fully saturated rings. The number of likely N-dealkylation sites (tertiary alicyclic amines) is 1. The number of aromatic nitrogens is 4. The number of hydrogen-bond donors (Lipinski definition) is 0. The Morgan fingerprint density at radius 2 is 1.96 bits per heavy atom. The van der Waals surface area contributed by atoms with Crippen LogP contribution in [0.25, 0.3) is 32.9 Å². The van der Waals surface area contributed by atoms with E-state index in [1.807, 2.05) is 37.3 Å². The van der Waals surface area contributed by atoms with Crippen LogP contribution in [-0.4, -0.2) is 91.8 Å². The van der Waals surface area contributed by atoms with E-state index in [1.165, 1.54) is 12.1 Å². The zero-order valence-electron chi connectivity index (χ0n) is 26.0. The average molecular weight is 634 g/mol. The molecule has 12 heteroatoms. The van der Waals surface area contributed by atoms with Gasteiger partial charge in [-0.1, -0.05) is 6.58 Å². The van der Waals surface area contributed by atoms with Crippen LogP contribution < -0.4 is 10.6 Å². The normalized spacial score (nSPS) is 23.8. The van der Waals surface area contributed by atoms with E-state index in [4.69, 9.17) is 4.98 Å². The third kappa shape index (κ3) is 4.84. The number of piperazine rings is 1. The number of anilines is 1. The molecule has 2 aromatic carbocycles. The maximum Gasteiger partial charge on any atom is 0.350 e. The smallest absolute Gasteiger partial charge is 0.349 e. The topological polar surface area (TPSA) is 79.5 Å². The number of fused-ring (bicyclic) bond motifs is 1. The lowest BCUT2D eigenvalue weighted by molar-refractivity contribution is -0.128. The molecule has 9 nitrogen and oxygen atoms in total. The van der Waals surface area contributed by atoms with Gasteiger partial charge in [0.1, 0.15) is 17.8 Å². The quantitative estimate of drug-likeness (QED) is 0.295. The van der Waals surface area contributed by atoms with Crippen LogP contribution in [0.2, 0.25) is 0 Å². The van der Waals surface area contributed by atoms with Gasteiger partial charge in [0.15, 0.2) is 0 Å². The van der Waals surface area contributed by atoms with Gasteiger partial charge in [-0.15, -0.1) is 11.8 Å². The van der Waals surface area contributed by atoms with Crippen LogP contribution in [0.4, 0.5) is 14.6 Å². The lowest BCUT2D eigenvalue weighted by Crippen LogP contribution is -2.58. The van der Waals surface area contributed by atoms with Crippen LogP contribution in [0.3, 0.4) is 0 Å². The number of aryl methyl sites for hydroxylation is 2. The number of carbonyl (C=O) groups is 1. The number of alkyl halides is 1. The standard InChI is InChI=1S/C33H37F2N7O2S/c1-6-27(43)40-13-20(4)41(14-19(40)3)32-24-11-18(2)28(23-7-8-26(35)25-12-36-38(5)29(23)25)31-30(24)42(33(44)37-32)22(17-45-31)16-39-10-9-21(34)15-39/h6-8,11-12,19-22H,1,9-10,13-17H2,2-5H3/t19-,20+,21?,22?/m1/s1.